The van der Waals surface area contributed by atoms with Gasteiger partial charge in [0.1, 0.15) is 0 Å². The van der Waals surface area contributed by atoms with E-state index in [-0.39, 0.29) is 0 Å². The lowest BCUT2D eigenvalue weighted by atomic mass is 9.89. The van der Waals surface area contributed by atoms with Crippen molar-refractivity contribution >= 4 is 0 Å². The molecule has 16 heavy (non-hydrogen) atoms. The summed E-state index contributed by atoms with van der Waals surface area (Å²) < 4.78 is 0. The van der Waals surface area contributed by atoms with Gasteiger partial charge in [0.05, 0.1) is 0 Å². The fourth-order valence-electron chi connectivity index (χ4n) is 4.25. The molecule has 0 aromatic rings. The third-order valence-electron chi connectivity index (χ3n) is 5.84. The normalized spacial score (nSPS) is 30.6. The van der Waals surface area contributed by atoms with E-state index in [1.54, 1.807) is 0 Å². The second kappa shape index (κ2) is 4.01. The van der Waals surface area contributed by atoms with Crippen LogP contribution in [0.5, 0.6) is 0 Å². The molecule has 0 amide bonds. The van der Waals surface area contributed by atoms with Gasteiger partial charge in [-0.25, -0.2) is 0 Å². The quantitative estimate of drug-likeness (QED) is 0.763. The molecule has 2 aliphatic carbocycles. The van der Waals surface area contributed by atoms with Crippen LogP contribution in [0.15, 0.2) is 0 Å². The highest BCUT2D eigenvalue weighted by molar-refractivity contribution is 5.17. The molecule has 0 bridgehead atoms. The Hall–Kier alpha value is -0.0400. The fraction of sp³-hybridized carbons (Fsp3) is 1.00. The third kappa shape index (κ3) is 1.72. The van der Waals surface area contributed by atoms with Crippen LogP contribution in [0, 0.1) is 22.7 Å². The molecule has 1 heteroatoms. The van der Waals surface area contributed by atoms with Gasteiger partial charge in [0.2, 0.25) is 0 Å². The molecule has 2 rings (SSSR count). The molecule has 1 atom stereocenters. The average molecular weight is 223 g/mol. The summed E-state index contributed by atoms with van der Waals surface area (Å²) in [5.41, 5.74) is 1.06. The molecule has 2 saturated carbocycles. The van der Waals surface area contributed by atoms with Crippen LogP contribution in [0.3, 0.4) is 0 Å². The minimum atomic E-state index is 0.530. The van der Waals surface area contributed by atoms with Crippen molar-refractivity contribution in [2.75, 3.05) is 6.54 Å². The largest absolute Gasteiger partial charge is 0.314 e. The lowest BCUT2D eigenvalue weighted by Gasteiger charge is -2.26. The molecule has 1 nitrogen and oxygen atoms in total. The van der Waals surface area contributed by atoms with Crippen molar-refractivity contribution in [1.29, 1.82) is 0 Å². The first-order valence-corrected chi connectivity index (χ1v) is 7.16. The SMILES string of the molecule is CCNC(C1CCCC1)C1C(C)(C)C1(C)C. The maximum absolute atomic E-state index is 3.80. The molecular formula is C15H29N. The van der Waals surface area contributed by atoms with Gasteiger partial charge in [0.25, 0.3) is 0 Å². The molecule has 1 N–H and O–H groups in total. The van der Waals surface area contributed by atoms with Crippen LogP contribution in [0.1, 0.15) is 60.3 Å². The summed E-state index contributed by atoms with van der Waals surface area (Å²) >= 11 is 0. The van der Waals surface area contributed by atoms with Crippen LogP contribution in [0.4, 0.5) is 0 Å². The molecule has 2 aliphatic rings. The summed E-state index contributed by atoms with van der Waals surface area (Å²) in [5, 5.41) is 3.80. The van der Waals surface area contributed by atoms with E-state index in [9.17, 15) is 0 Å². The molecule has 0 radical (unpaired) electrons. The molecule has 0 aromatic heterocycles. The first-order chi connectivity index (χ1) is 7.43. The lowest BCUT2D eigenvalue weighted by Crippen LogP contribution is -2.39. The summed E-state index contributed by atoms with van der Waals surface area (Å²) in [7, 11) is 0. The van der Waals surface area contributed by atoms with Crippen molar-refractivity contribution < 1.29 is 0 Å². The van der Waals surface area contributed by atoms with Crippen LogP contribution >= 0.6 is 0 Å². The topological polar surface area (TPSA) is 12.0 Å². The van der Waals surface area contributed by atoms with E-state index in [4.69, 9.17) is 0 Å². The molecule has 0 spiro atoms. The van der Waals surface area contributed by atoms with E-state index < -0.39 is 0 Å². The van der Waals surface area contributed by atoms with Crippen molar-refractivity contribution in [3.63, 3.8) is 0 Å². The molecule has 94 valence electrons. The van der Waals surface area contributed by atoms with Crippen molar-refractivity contribution in [2.24, 2.45) is 22.7 Å². The average Bonchev–Trinajstić information content (AvgIpc) is 2.64. The van der Waals surface area contributed by atoms with Gasteiger partial charge >= 0.3 is 0 Å². The number of hydrogen-bond donors (Lipinski definition) is 1. The molecule has 2 fully saturated rings. The minimum absolute atomic E-state index is 0.530. The number of rotatable bonds is 4. The number of hydrogen-bond acceptors (Lipinski definition) is 1. The lowest BCUT2D eigenvalue weighted by molar-refractivity contribution is 0.292. The first-order valence-electron chi connectivity index (χ1n) is 7.16. The molecule has 1 unspecified atom stereocenters. The van der Waals surface area contributed by atoms with E-state index in [2.05, 4.69) is 39.9 Å². The van der Waals surface area contributed by atoms with E-state index >= 15 is 0 Å². The highest BCUT2D eigenvalue weighted by Crippen LogP contribution is 2.70. The highest BCUT2D eigenvalue weighted by Gasteiger charge is 2.67. The smallest absolute Gasteiger partial charge is 0.0134 e. The summed E-state index contributed by atoms with van der Waals surface area (Å²) in [6.45, 7) is 13.2. The van der Waals surface area contributed by atoms with Gasteiger partial charge in [0.15, 0.2) is 0 Å². The van der Waals surface area contributed by atoms with E-state index in [0.29, 0.717) is 10.8 Å². The summed E-state index contributed by atoms with van der Waals surface area (Å²) in [4.78, 5) is 0. The Morgan fingerprint density at radius 1 is 1.06 bits per heavy atom. The minimum Gasteiger partial charge on any atom is -0.314 e. The zero-order valence-electron chi connectivity index (χ0n) is 11.8. The van der Waals surface area contributed by atoms with Gasteiger partial charge in [-0.15, -0.1) is 0 Å². The van der Waals surface area contributed by atoms with Gasteiger partial charge in [-0.1, -0.05) is 47.5 Å². The maximum atomic E-state index is 3.80. The van der Waals surface area contributed by atoms with Crippen LogP contribution in [0.2, 0.25) is 0 Å². The summed E-state index contributed by atoms with van der Waals surface area (Å²) in [6.07, 6.45) is 5.83. The maximum Gasteiger partial charge on any atom is 0.0134 e. The standard InChI is InChI=1S/C15H29N/c1-6-16-12(11-9-7-8-10-11)13-14(2,3)15(13,4)5/h11-13,16H,6-10H2,1-5H3. The van der Waals surface area contributed by atoms with Crippen LogP contribution in [-0.4, -0.2) is 12.6 Å². The predicted octanol–water partition coefficient (Wildman–Crippen LogP) is 3.84. The van der Waals surface area contributed by atoms with Gasteiger partial charge in [-0.3, -0.25) is 0 Å². The van der Waals surface area contributed by atoms with Crippen molar-refractivity contribution in [3.05, 3.63) is 0 Å². The van der Waals surface area contributed by atoms with Crippen molar-refractivity contribution in [1.82, 2.24) is 5.32 Å². The molecular weight excluding hydrogens is 194 g/mol. The predicted molar refractivity (Wildman–Crippen MR) is 70.5 cm³/mol. The van der Waals surface area contributed by atoms with Crippen LogP contribution in [-0.2, 0) is 0 Å². The van der Waals surface area contributed by atoms with Crippen LogP contribution in [0.25, 0.3) is 0 Å². The molecule has 0 saturated heterocycles. The monoisotopic (exact) mass is 223 g/mol. The molecule has 0 heterocycles. The van der Waals surface area contributed by atoms with Gasteiger partial charge in [-0.2, -0.15) is 0 Å². The molecule has 0 aromatic carbocycles. The second-order valence-corrected chi connectivity index (χ2v) is 7.05. The Labute approximate surface area is 101 Å². The Bertz CT molecular complexity index is 234. The third-order valence-corrected chi connectivity index (χ3v) is 5.84. The van der Waals surface area contributed by atoms with Crippen molar-refractivity contribution in [3.8, 4) is 0 Å². The highest BCUT2D eigenvalue weighted by atomic mass is 15.0. The first kappa shape index (κ1) is 12.4. The number of nitrogens with one attached hydrogen (secondary N) is 1. The van der Waals surface area contributed by atoms with E-state index in [0.717, 1.165) is 24.4 Å². The Balaban J connectivity index is 2.09. The van der Waals surface area contributed by atoms with E-state index in [1.165, 1.54) is 25.7 Å². The second-order valence-electron chi connectivity index (χ2n) is 7.05. The van der Waals surface area contributed by atoms with Gasteiger partial charge in [0, 0.05) is 6.04 Å². The van der Waals surface area contributed by atoms with Gasteiger partial charge in [-0.05, 0) is 42.1 Å². The van der Waals surface area contributed by atoms with E-state index in [1.807, 2.05) is 0 Å². The zero-order valence-corrected chi connectivity index (χ0v) is 11.8. The Morgan fingerprint density at radius 2 is 1.56 bits per heavy atom. The summed E-state index contributed by atoms with van der Waals surface area (Å²) in [6, 6.07) is 0.775. The molecule has 0 aliphatic heterocycles. The Morgan fingerprint density at radius 3 is 1.94 bits per heavy atom. The van der Waals surface area contributed by atoms with Crippen molar-refractivity contribution in [2.45, 2.75) is 66.3 Å². The van der Waals surface area contributed by atoms with Crippen LogP contribution < -0.4 is 5.32 Å². The Kier molecular flexibility index (Phi) is 3.11. The fourth-order valence-corrected chi connectivity index (χ4v) is 4.25. The van der Waals surface area contributed by atoms with Gasteiger partial charge < -0.3 is 5.32 Å². The zero-order chi connectivity index (χ0) is 12.0. The summed E-state index contributed by atoms with van der Waals surface area (Å²) in [5.74, 6) is 1.83.